The molecule has 2 rings (SSSR count). The summed E-state index contributed by atoms with van der Waals surface area (Å²) >= 11 is 1.23. The van der Waals surface area contributed by atoms with E-state index in [4.69, 9.17) is 0 Å². The molecule has 86 valence electrons. The van der Waals surface area contributed by atoms with Crippen molar-refractivity contribution in [2.24, 2.45) is 0 Å². The van der Waals surface area contributed by atoms with Crippen LogP contribution in [0.4, 0.5) is 5.82 Å². The van der Waals surface area contributed by atoms with Crippen LogP contribution in [0.2, 0.25) is 0 Å². The second-order valence-corrected chi connectivity index (χ2v) is 3.96. The van der Waals surface area contributed by atoms with Crippen molar-refractivity contribution in [2.75, 3.05) is 11.9 Å². The first-order chi connectivity index (χ1) is 7.86. The zero-order valence-electron chi connectivity index (χ0n) is 9.47. The van der Waals surface area contributed by atoms with Crippen LogP contribution in [0.15, 0.2) is 12.3 Å². The first kappa shape index (κ1) is 11.1. The summed E-state index contributed by atoms with van der Waals surface area (Å²) in [6.45, 7) is 5.94. The lowest BCUT2D eigenvalue weighted by Crippen LogP contribution is -2.04. The maximum absolute atomic E-state index is 4.33. The van der Waals surface area contributed by atoms with E-state index in [1.807, 2.05) is 17.7 Å². The molecule has 0 aliphatic rings. The van der Waals surface area contributed by atoms with Gasteiger partial charge in [-0.25, -0.2) is 0 Å². The van der Waals surface area contributed by atoms with Crippen LogP contribution in [0.1, 0.15) is 20.3 Å². The van der Waals surface area contributed by atoms with Gasteiger partial charge in [-0.2, -0.15) is 13.8 Å². The second kappa shape index (κ2) is 5.07. The lowest BCUT2D eigenvalue weighted by atomic mass is 10.3. The molecule has 0 atom stereocenters. The fourth-order valence-corrected chi connectivity index (χ4v) is 2.10. The van der Waals surface area contributed by atoms with Gasteiger partial charge in [0.1, 0.15) is 5.69 Å². The number of aryl methyl sites for hydroxylation is 1. The van der Waals surface area contributed by atoms with Gasteiger partial charge in [-0.3, -0.25) is 4.68 Å². The molecular weight excluding hydrogens is 222 g/mol. The molecule has 5 nitrogen and oxygen atoms in total. The van der Waals surface area contributed by atoms with E-state index in [1.54, 1.807) is 6.20 Å². The van der Waals surface area contributed by atoms with Crippen molar-refractivity contribution in [3.63, 3.8) is 0 Å². The number of anilines is 1. The number of nitrogens with zero attached hydrogens (tertiary/aromatic N) is 4. The monoisotopic (exact) mass is 237 g/mol. The Morgan fingerprint density at radius 3 is 3.00 bits per heavy atom. The van der Waals surface area contributed by atoms with Gasteiger partial charge in [0.15, 0.2) is 5.82 Å². The van der Waals surface area contributed by atoms with E-state index >= 15 is 0 Å². The minimum Gasteiger partial charge on any atom is -0.368 e. The molecule has 0 unspecified atom stereocenters. The molecule has 6 heteroatoms. The Balaban J connectivity index is 2.34. The SMILES string of the molecule is CCCn1nccc1-c1nsnc1NCC. The Labute approximate surface area is 98.8 Å². The van der Waals surface area contributed by atoms with E-state index in [-0.39, 0.29) is 0 Å². The van der Waals surface area contributed by atoms with Crippen molar-refractivity contribution in [1.29, 1.82) is 0 Å². The molecule has 16 heavy (non-hydrogen) atoms. The average molecular weight is 237 g/mol. The molecule has 2 aromatic heterocycles. The quantitative estimate of drug-likeness (QED) is 0.866. The van der Waals surface area contributed by atoms with Crippen LogP contribution in [0.3, 0.4) is 0 Å². The number of aromatic nitrogens is 4. The predicted octanol–water partition coefficient (Wildman–Crippen LogP) is 2.24. The lowest BCUT2D eigenvalue weighted by molar-refractivity contribution is 0.608. The molecule has 2 aromatic rings. The van der Waals surface area contributed by atoms with Crippen molar-refractivity contribution in [3.8, 4) is 11.4 Å². The maximum Gasteiger partial charge on any atom is 0.169 e. The first-order valence-corrected chi connectivity index (χ1v) is 6.18. The minimum atomic E-state index is 0.848. The van der Waals surface area contributed by atoms with Gasteiger partial charge in [-0.1, -0.05) is 6.92 Å². The number of nitrogens with one attached hydrogen (secondary N) is 1. The van der Waals surface area contributed by atoms with Crippen molar-refractivity contribution in [1.82, 2.24) is 18.5 Å². The molecule has 0 aliphatic heterocycles. The van der Waals surface area contributed by atoms with Crippen LogP contribution in [0.25, 0.3) is 11.4 Å². The molecule has 0 bridgehead atoms. The number of hydrogen-bond acceptors (Lipinski definition) is 5. The van der Waals surface area contributed by atoms with Gasteiger partial charge in [0.05, 0.1) is 17.4 Å². The molecule has 0 spiro atoms. The van der Waals surface area contributed by atoms with Crippen molar-refractivity contribution in [2.45, 2.75) is 26.8 Å². The van der Waals surface area contributed by atoms with E-state index in [2.05, 4.69) is 26.1 Å². The van der Waals surface area contributed by atoms with Crippen LogP contribution in [0.5, 0.6) is 0 Å². The van der Waals surface area contributed by atoms with Gasteiger partial charge < -0.3 is 5.32 Å². The summed E-state index contributed by atoms with van der Waals surface area (Å²) in [5.74, 6) is 0.852. The second-order valence-electron chi connectivity index (χ2n) is 3.43. The molecule has 0 aliphatic carbocycles. The van der Waals surface area contributed by atoms with Crippen LogP contribution in [-0.4, -0.2) is 25.1 Å². The Kier molecular flexibility index (Phi) is 3.51. The fourth-order valence-electron chi connectivity index (χ4n) is 1.56. The van der Waals surface area contributed by atoms with E-state index < -0.39 is 0 Å². The third-order valence-corrected chi connectivity index (χ3v) is 2.76. The van der Waals surface area contributed by atoms with Gasteiger partial charge in [0.25, 0.3) is 0 Å². The van der Waals surface area contributed by atoms with Gasteiger partial charge in [0, 0.05) is 19.3 Å². The summed E-state index contributed by atoms with van der Waals surface area (Å²) < 4.78 is 10.5. The van der Waals surface area contributed by atoms with Crippen LogP contribution < -0.4 is 5.32 Å². The zero-order valence-corrected chi connectivity index (χ0v) is 10.3. The normalized spacial score (nSPS) is 10.6. The van der Waals surface area contributed by atoms with Gasteiger partial charge in [0.2, 0.25) is 0 Å². The predicted molar refractivity (Wildman–Crippen MR) is 65.6 cm³/mol. The molecule has 0 amide bonds. The molecule has 0 saturated heterocycles. The maximum atomic E-state index is 4.33. The Morgan fingerprint density at radius 2 is 2.25 bits per heavy atom. The molecule has 0 fully saturated rings. The van der Waals surface area contributed by atoms with Crippen molar-refractivity contribution in [3.05, 3.63) is 12.3 Å². The Bertz CT molecular complexity index is 405. The van der Waals surface area contributed by atoms with Crippen LogP contribution in [-0.2, 0) is 6.54 Å². The Hall–Kier alpha value is -1.43. The molecule has 2 heterocycles. The molecule has 0 aromatic carbocycles. The fraction of sp³-hybridized carbons (Fsp3) is 0.500. The van der Waals surface area contributed by atoms with Gasteiger partial charge >= 0.3 is 0 Å². The summed E-state index contributed by atoms with van der Waals surface area (Å²) in [5.41, 5.74) is 1.93. The standard InChI is InChI=1S/C10H15N5S/c1-3-7-15-8(5-6-12-15)9-10(11-4-2)14-16-13-9/h5-6H,3-4,7H2,1-2H3,(H,11,14). The molecule has 0 saturated carbocycles. The summed E-state index contributed by atoms with van der Waals surface area (Å²) in [6.07, 6.45) is 2.86. The highest BCUT2D eigenvalue weighted by atomic mass is 32.1. The van der Waals surface area contributed by atoms with Crippen molar-refractivity contribution >= 4 is 17.5 Å². The summed E-state index contributed by atoms with van der Waals surface area (Å²) in [5, 5.41) is 7.50. The number of hydrogen-bond donors (Lipinski definition) is 1. The first-order valence-electron chi connectivity index (χ1n) is 5.45. The van der Waals surface area contributed by atoms with Crippen molar-refractivity contribution < 1.29 is 0 Å². The number of rotatable bonds is 5. The minimum absolute atomic E-state index is 0.848. The average Bonchev–Trinajstić information content (AvgIpc) is 2.87. The topological polar surface area (TPSA) is 55.6 Å². The van der Waals surface area contributed by atoms with E-state index in [9.17, 15) is 0 Å². The summed E-state index contributed by atoms with van der Waals surface area (Å²) in [4.78, 5) is 0. The van der Waals surface area contributed by atoms with Crippen LogP contribution in [0, 0.1) is 0 Å². The highest BCUT2D eigenvalue weighted by Crippen LogP contribution is 2.25. The van der Waals surface area contributed by atoms with E-state index in [0.29, 0.717) is 0 Å². The van der Waals surface area contributed by atoms with Crippen LogP contribution >= 0.6 is 11.7 Å². The molecule has 1 N–H and O–H groups in total. The largest absolute Gasteiger partial charge is 0.368 e. The van der Waals surface area contributed by atoms with Gasteiger partial charge in [-0.05, 0) is 19.4 Å². The molecule has 0 radical (unpaired) electrons. The summed E-state index contributed by atoms with van der Waals surface area (Å²) in [6, 6.07) is 1.98. The third kappa shape index (κ3) is 2.06. The third-order valence-electron chi connectivity index (χ3n) is 2.23. The zero-order chi connectivity index (χ0) is 11.4. The highest BCUT2D eigenvalue weighted by Gasteiger charge is 2.13. The van der Waals surface area contributed by atoms with Gasteiger partial charge in [-0.15, -0.1) is 0 Å². The molecular formula is C10H15N5S. The van der Waals surface area contributed by atoms with E-state index in [0.717, 1.165) is 36.7 Å². The van der Waals surface area contributed by atoms with E-state index in [1.165, 1.54) is 11.7 Å². The Morgan fingerprint density at radius 1 is 1.38 bits per heavy atom. The smallest absolute Gasteiger partial charge is 0.169 e. The lowest BCUT2D eigenvalue weighted by Gasteiger charge is -2.05. The highest BCUT2D eigenvalue weighted by molar-refractivity contribution is 6.99. The summed E-state index contributed by atoms with van der Waals surface area (Å²) in [7, 11) is 0.